The molecule has 0 bridgehead atoms. The molecule has 0 spiro atoms. The summed E-state index contributed by atoms with van der Waals surface area (Å²) in [4.78, 5) is 38.9. The van der Waals surface area contributed by atoms with E-state index in [-0.39, 0.29) is 37.0 Å². The van der Waals surface area contributed by atoms with Crippen molar-refractivity contribution in [2.24, 2.45) is 0 Å². The van der Waals surface area contributed by atoms with Crippen LogP contribution in [-0.4, -0.2) is 33.2 Å². The zero-order valence-corrected chi connectivity index (χ0v) is 19.9. The van der Waals surface area contributed by atoms with E-state index in [0.717, 1.165) is 10.4 Å². The van der Waals surface area contributed by atoms with Crippen LogP contribution in [0.4, 0.5) is 5.69 Å². The van der Waals surface area contributed by atoms with Crippen molar-refractivity contribution in [2.75, 3.05) is 12.4 Å². The summed E-state index contributed by atoms with van der Waals surface area (Å²) in [7, 11) is -2.74. The molecule has 5 rings (SSSR count). The van der Waals surface area contributed by atoms with Crippen LogP contribution in [0.2, 0.25) is 0 Å². The minimum Gasteiger partial charge on any atom is -0.465 e. The van der Waals surface area contributed by atoms with Gasteiger partial charge in [-0.25, -0.2) is 13.2 Å². The van der Waals surface area contributed by atoms with Crippen molar-refractivity contribution in [1.82, 2.24) is 0 Å². The summed E-state index contributed by atoms with van der Waals surface area (Å²) < 4.78 is 31.2. The Balaban J connectivity index is 1.52. The highest BCUT2D eigenvalue weighted by atomic mass is 32.2. The zero-order chi connectivity index (χ0) is 24.7. The monoisotopic (exact) mass is 503 g/mol. The molecule has 3 aromatic carbocycles. The number of sulfone groups is 1. The minimum absolute atomic E-state index is 0.0115. The fourth-order valence-electron chi connectivity index (χ4n) is 3.89. The molecule has 0 saturated heterocycles. The Morgan fingerprint density at radius 2 is 1.54 bits per heavy atom. The first-order valence-corrected chi connectivity index (χ1v) is 12.7. The van der Waals surface area contributed by atoms with E-state index in [1.165, 1.54) is 48.8 Å². The van der Waals surface area contributed by atoms with Gasteiger partial charge in [0.25, 0.3) is 5.91 Å². The van der Waals surface area contributed by atoms with Crippen molar-refractivity contribution in [3.63, 3.8) is 0 Å². The molecule has 4 aromatic rings. The second-order valence-electron chi connectivity index (χ2n) is 7.70. The summed E-state index contributed by atoms with van der Waals surface area (Å²) in [6.45, 7) is 0. The number of nitrogens with one attached hydrogen (secondary N) is 1. The SMILES string of the molecule is COC(=O)c1sc(-c2ccccc2)cc1NC(=O)c1ccc2c(c1)S(=O)(=O)c1ccccc1C2=O. The molecule has 0 saturated carbocycles. The van der Waals surface area contributed by atoms with Crippen LogP contribution in [0.5, 0.6) is 0 Å². The molecular weight excluding hydrogens is 486 g/mol. The second-order valence-corrected chi connectivity index (χ2v) is 10.6. The first-order valence-electron chi connectivity index (χ1n) is 10.4. The number of carbonyl (C=O) groups is 3. The number of carbonyl (C=O) groups excluding carboxylic acids is 3. The number of esters is 1. The van der Waals surface area contributed by atoms with Crippen LogP contribution in [0.25, 0.3) is 10.4 Å². The zero-order valence-electron chi connectivity index (χ0n) is 18.3. The third-order valence-electron chi connectivity index (χ3n) is 5.61. The lowest BCUT2D eigenvalue weighted by molar-refractivity contribution is 0.0607. The van der Waals surface area contributed by atoms with Gasteiger partial charge in [-0.15, -0.1) is 11.3 Å². The molecular formula is C26H17NO6S2. The lowest BCUT2D eigenvalue weighted by Gasteiger charge is -2.19. The standard InChI is InChI=1S/C26H17NO6S2/c1-33-26(30)24-19(14-20(34-24)15-7-3-2-4-8-15)27-25(29)16-11-12-18-22(13-16)35(31,32)21-10-6-5-9-17(21)23(18)28/h2-14H,1H3,(H,27,29). The quantitative estimate of drug-likeness (QED) is 0.352. The maximum Gasteiger partial charge on any atom is 0.350 e. The van der Waals surface area contributed by atoms with Gasteiger partial charge in [0.1, 0.15) is 4.88 Å². The second kappa shape index (κ2) is 8.61. The van der Waals surface area contributed by atoms with Crippen LogP contribution < -0.4 is 5.32 Å². The van der Waals surface area contributed by atoms with Crippen LogP contribution in [-0.2, 0) is 14.6 Å². The molecule has 1 amide bonds. The van der Waals surface area contributed by atoms with E-state index in [4.69, 9.17) is 4.74 Å². The van der Waals surface area contributed by atoms with Gasteiger partial charge in [0.05, 0.1) is 22.6 Å². The number of benzene rings is 3. The van der Waals surface area contributed by atoms with Crippen LogP contribution in [0.15, 0.2) is 88.7 Å². The predicted molar refractivity (Wildman–Crippen MR) is 131 cm³/mol. The van der Waals surface area contributed by atoms with Gasteiger partial charge < -0.3 is 10.1 Å². The van der Waals surface area contributed by atoms with E-state index in [0.29, 0.717) is 0 Å². The average Bonchev–Trinajstić information content (AvgIpc) is 3.31. The van der Waals surface area contributed by atoms with E-state index < -0.39 is 27.5 Å². The number of hydrogen-bond donors (Lipinski definition) is 1. The normalized spacial score (nSPS) is 13.5. The fraction of sp³-hybridized carbons (Fsp3) is 0.0385. The first-order chi connectivity index (χ1) is 16.8. The van der Waals surface area contributed by atoms with Crippen molar-refractivity contribution in [1.29, 1.82) is 0 Å². The number of hydrogen-bond acceptors (Lipinski definition) is 7. The number of ketones is 1. The van der Waals surface area contributed by atoms with Gasteiger partial charge in [0.15, 0.2) is 5.78 Å². The van der Waals surface area contributed by atoms with Crippen molar-refractivity contribution in [3.8, 4) is 10.4 Å². The van der Waals surface area contributed by atoms with E-state index in [9.17, 15) is 22.8 Å². The number of amides is 1. The Morgan fingerprint density at radius 3 is 2.29 bits per heavy atom. The van der Waals surface area contributed by atoms with Gasteiger partial charge in [-0.3, -0.25) is 9.59 Å². The van der Waals surface area contributed by atoms with Gasteiger partial charge in [-0.2, -0.15) is 0 Å². The Hall–Kier alpha value is -4.08. The molecule has 0 atom stereocenters. The molecule has 35 heavy (non-hydrogen) atoms. The van der Waals surface area contributed by atoms with E-state index in [1.807, 2.05) is 30.3 Å². The summed E-state index contributed by atoms with van der Waals surface area (Å²) >= 11 is 1.17. The Bertz CT molecular complexity index is 1620. The van der Waals surface area contributed by atoms with Crippen LogP contribution in [0, 0.1) is 0 Å². The van der Waals surface area contributed by atoms with Gasteiger partial charge in [0, 0.05) is 21.6 Å². The largest absolute Gasteiger partial charge is 0.465 e. The highest BCUT2D eigenvalue weighted by Crippen LogP contribution is 2.37. The Labute approximate surface area is 204 Å². The van der Waals surface area contributed by atoms with Crippen molar-refractivity contribution >= 4 is 44.5 Å². The smallest absolute Gasteiger partial charge is 0.350 e. The maximum absolute atomic E-state index is 13.2. The number of rotatable bonds is 4. The molecule has 7 nitrogen and oxygen atoms in total. The lowest BCUT2D eigenvalue weighted by atomic mass is 10.0. The highest BCUT2D eigenvalue weighted by molar-refractivity contribution is 7.91. The van der Waals surface area contributed by atoms with Gasteiger partial charge >= 0.3 is 5.97 Å². The third-order valence-corrected chi connectivity index (χ3v) is 8.62. The Morgan fingerprint density at radius 1 is 0.857 bits per heavy atom. The predicted octanol–water partition coefficient (Wildman–Crippen LogP) is 4.83. The summed E-state index contributed by atoms with van der Waals surface area (Å²) in [5.74, 6) is -1.66. The molecule has 0 unspecified atom stereocenters. The topological polar surface area (TPSA) is 107 Å². The van der Waals surface area contributed by atoms with E-state index in [2.05, 4.69) is 5.32 Å². The molecule has 0 radical (unpaired) electrons. The number of methoxy groups -OCH3 is 1. The number of thiophene rings is 1. The van der Waals surface area contributed by atoms with Crippen LogP contribution in [0.3, 0.4) is 0 Å². The molecule has 1 aromatic heterocycles. The molecule has 0 fully saturated rings. The molecule has 2 heterocycles. The molecule has 1 aliphatic rings. The summed E-state index contributed by atoms with van der Waals surface area (Å²) in [5.41, 5.74) is 1.25. The molecule has 0 aliphatic carbocycles. The summed E-state index contributed by atoms with van der Waals surface area (Å²) in [6.07, 6.45) is 0. The number of anilines is 1. The Kier molecular flexibility index (Phi) is 5.58. The van der Waals surface area contributed by atoms with Crippen LogP contribution in [0.1, 0.15) is 36.0 Å². The molecule has 174 valence electrons. The van der Waals surface area contributed by atoms with Crippen LogP contribution >= 0.6 is 11.3 Å². The third kappa shape index (κ3) is 3.84. The number of ether oxygens (including phenoxy) is 1. The molecule has 1 aliphatic heterocycles. The maximum atomic E-state index is 13.2. The van der Waals surface area contributed by atoms with Crippen molar-refractivity contribution in [3.05, 3.63) is 100 Å². The van der Waals surface area contributed by atoms with Crippen molar-refractivity contribution < 1.29 is 27.5 Å². The average molecular weight is 504 g/mol. The molecule has 9 heteroatoms. The first kappa shape index (κ1) is 22.7. The molecule has 1 N–H and O–H groups in total. The van der Waals surface area contributed by atoms with Gasteiger partial charge in [0.2, 0.25) is 9.84 Å². The van der Waals surface area contributed by atoms with E-state index >= 15 is 0 Å². The van der Waals surface area contributed by atoms with Crippen molar-refractivity contribution in [2.45, 2.75) is 9.79 Å². The number of fused-ring (bicyclic) bond motifs is 2. The van der Waals surface area contributed by atoms with Gasteiger partial charge in [-0.05, 0) is 42.0 Å². The minimum atomic E-state index is -3.99. The fourth-order valence-corrected chi connectivity index (χ4v) is 6.61. The summed E-state index contributed by atoms with van der Waals surface area (Å²) in [6, 6.07) is 20.9. The van der Waals surface area contributed by atoms with E-state index in [1.54, 1.807) is 18.2 Å². The highest BCUT2D eigenvalue weighted by Gasteiger charge is 2.35. The summed E-state index contributed by atoms with van der Waals surface area (Å²) in [5, 5.41) is 2.69. The lowest BCUT2D eigenvalue weighted by Crippen LogP contribution is -2.21. The van der Waals surface area contributed by atoms with Gasteiger partial charge in [-0.1, -0.05) is 42.5 Å².